The van der Waals surface area contributed by atoms with Crippen LogP contribution in [0.5, 0.6) is 0 Å². The van der Waals surface area contributed by atoms with Crippen molar-refractivity contribution in [2.45, 2.75) is 38.8 Å². The molecule has 1 heterocycles. The molecule has 0 bridgehead atoms. The third-order valence-corrected chi connectivity index (χ3v) is 5.09. The first kappa shape index (κ1) is 17.0. The highest BCUT2D eigenvalue weighted by Crippen LogP contribution is 2.51. The molecule has 7 heteroatoms. The Bertz CT molecular complexity index is 611. The van der Waals surface area contributed by atoms with Crippen molar-refractivity contribution >= 4 is 27.8 Å². The molecule has 1 aromatic rings. The van der Waals surface area contributed by atoms with E-state index >= 15 is 0 Å². The first-order valence-electron chi connectivity index (χ1n) is 7.15. The van der Waals surface area contributed by atoms with E-state index in [-0.39, 0.29) is 12.5 Å². The Morgan fingerprint density at radius 2 is 2.18 bits per heavy atom. The minimum absolute atomic E-state index is 0.186. The molecule has 1 aliphatic carbocycles. The number of hydrogen-bond donors (Lipinski definition) is 2. The molecule has 22 heavy (non-hydrogen) atoms. The van der Waals surface area contributed by atoms with E-state index in [1.54, 1.807) is 23.9 Å². The summed E-state index contributed by atoms with van der Waals surface area (Å²) in [5, 5.41) is 12.4. The highest BCUT2D eigenvalue weighted by Gasteiger charge is 2.66. The normalized spacial score (nSPS) is 26.3. The first-order chi connectivity index (χ1) is 10.2. The molecular weight excluding hydrogens is 352 g/mol. The largest absolute Gasteiger partial charge is 0.479 e. The Kier molecular flexibility index (Phi) is 4.41. The molecule has 1 saturated carbocycles. The molecular formula is C15H21BrN2O4. The molecule has 2 rings (SSSR count). The Morgan fingerprint density at radius 3 is 2.59 bits per heavy atom. The number of carboxylic acid groups (broad SMARTS) is 1. The Labute approximate surface area is 138 Å². The molecule has 1 aromatic heterocycles. The summed E-state index contributed by atoms with van der Waals surface area (Å²) in [5.41, 5.74) is -1.60. The molecule has 2 unspecified atom stereocenters. The van der Waals surface area contributed by atoms with Gasteiger partial charge >= 0.3 is 5.97 Å². The van der Waals surface area contributed by atoms with Crippen LogP contribution in [0.3, 0.4) is 0 Å². The number of aromatic nitrogens is 1. The summed E-state index contributed by atoms with van der Waals surface area (Å²) in [6.07, 6.45) is 1.83. The van der Waals surface area contributed by atoms with Gasteiger partial charge in [0.1, 0.15) is 11.2 Å². The second-order valence-corrected chi connectivity index (χ2v) is 7.10. The molecule has 0 aliphatic heterocycles. The Hall–Kier alpha value is -1.34. The topological polar surface area (TPSA) is 80.6 Å². The summed E-state index contributed by atoms with van der Waals surface area (Å²) >= 11 is 3.31. The lowest BCUT2D eigenvalue weighted by molar-refractivity contribution is -0.190. The van der Waals surface area contributed by atoms with Crippen molar-refractivity contribution in [1.29, 1.82) is 0 Å². The van der Waals surface area contributed by atoms with Crippen LogP contribution in [-0.2, 0) is 16.6 Å². The SMILES string of the molecule is CCOC1CC(NC(=O)c2cc(Br)cn2C)(C(=O)O)C1(C)C. The maximum Gasteiger partial charge on any atom is 0.330 e. The number of nitrogens with zero attached hydrogens (tertiary/aromatic N) is 1. The number of nitrogens with one attached hydrogen (secondary N) is 1. The van der Waals surface area contributed by atoms with Crippen molar-refractivity contribution in [2.24, 2.45) is 12.5 Å². The van der Waals surface area contributed by atoms with Gasteiger partial charge in [0.2, 0.25) is 0 Å². The number of rotatable bonds is 5. The molecule has 0 radical (unpaired) electrons. The number of aliphatic carboxylic acids is 1. The van der Waals surface area contributed by atoms with Crippen LogP contribution < -0.4 is 5.32 Å². The fourth-order valence-electron chi connectivity index (χ4n) is 3.04. The van der Waals surface area contributed by atoms with Crippen LogP contribution in [0.15, 0.2) is 16.7 Å². The fourth-order valence-corrected chi connectivity index (χ4v) is 3.57. The van der Waals surface area contributed by atoms with Gasteiger partial charge in [-0.15, -0.1) is 0 Å². The van der Waals surface area contributed by atoms with E-state index in [1.807, 2.05) is 20.8 Å². The fraction of sp³-hybridized carbons (Fsp3) is 0.600. The average molecular weight is 373 g/mol. The summed E-state index contributed by atoms with van der Waals surface area (Å²) in [6.45, 7) is 6.01. The lowest BCUT2D eigenvalue weighted by Gasteiger charge is -2.58. The molecule has 2 N–H and O–H groups in total. The Morgan fingerprint density at radius 1 is 1.55 bits per heavy atom. The van der Waals surface area contributed by atoms with Gasteiger partial charge in [-0.2, -0.15) is 0 Å². The van der Waals surface area contributed by atoms with Crippen LogP contribution in [0.4, 0.5) is 0 Å². The van der Waals surface area contributed by atoms with Crippen LogP contribution in [0.2, 0.25) is 0 Å². The number of carbonyl (C=O) groups excluding carboxylic acids is 1. The second kappa shape index (κ2) is 5.70. The number of amides is 1. The number of halogens is 1. The van der Waals surface area contributed by atoms with Gasteiger partial charge in [0.25, 0.3) is 5.91 Å². The van der Waals surface area contributed by atoms with E-state index in [1.165, 1.54) is 0 Å². The van der Waals surface area contributed by atoms with E-state index in [0.717, 1.165) is 4.47 Å². The number of carbonyl (C=O) groups is 2. The third kappa shape index (κ3) is 2.46. The number of aryl methyl sites for hydroxylation is 1. The van der Waals surface area contributed by atoms with E-state index in [9.17, 15) is 14.7 Å². The molecule has 122 valence electrons. The highest BCUT2D eigenvalue weighted by molar-refractivity contribution is 9.10. The van der Waals surface area contributed by atoms with Gasteiger partial charge in [-0.05, 0) is 28.9 Å². The van der Waals surface area contributed by atoms with E-state index in [2.05, 4.69) is 21.2 Å². The minimum Gasteiger partial charge on any atom is -0.479 e. The van der Waals surface area contributed by atoms with Crippen molar-refractivity contribution in [3.05, 3.63) is 22.4 Å². The van der Waals surface area contributed by atoms with E-state index < -0.39 is 22.8 Å². The maximum absolute atomic E-state index is 12.5. The van der Waals surface area contributed by atoms with Gasteiger partial charge in [0, 0.05) is 36.2 Å². The summed E-state index contributed by atoms with van der Waals surface area (Å²) < 4.78 is 8.01. The van der Waals surface area contributed by atoms with Gasteiger partial charge < -0.3 is 19.7 Å². The zero-order chi connectivity index (χ0) is 16.7. The zero-order valence-corrected chi connectivity index (χ0v) is 14.7. The van der Waals surface area contributed by atoms with Crippen LogP contribution in [0, 0.1) is 5.41 Å². The monoisotopic (exact) mass is 372 g/mol. The van der Waals surface area contributed by atoms with Crippen molar-refractivity contribution in [2.75, 3.05) is 6.61 Å². The van der Waals surface area contributed by atoms with Crippen molar-refractivity contribution < 1.29 is 19.4 Å². The second-order valence-electron chi connectivity index (χ2n) is 6.19. The predicted molar refractivity (Wildman–Crippen MR) is 84.8 cm³/mol. The summed E-state index contributed by atoms with van der Waals surface area (Å²) in [7, 11) is 1.74. The van der Waals surface area contributed by atoms with Gasteiger partial charge in [0.15, 0.2) is 0 Å². The molecule has 0 aromatic carbocycles. The van der Waals surface area contributed by atoms with Gasteiger partial charge in [-0.25, -0.2) is 4.79 Å². The third-order valence-electron chi connectivity index (χ3n) is 4.66. The number of ether oxygens (including phenoxy) is 1. The zero-order valence-electron chi connectivity index (χ0n) is 13.1. The average Bonchev–Trinajstić information content (AvgIpc) is 2.75. The minimum atomic E-state index is -1.32. The molecule has 1 amide bonds. The van der Waals surface area contributed by atoms with Crippen LogP contribution >= 0.6 is 15.9 Å². The molecule has 0 spiro atoms. The summed E-state index contributed by atoms with van der Waals surface area (Å²) in [5.74, 6) is -1.44. The highest BCUT2D eigenvalue weighted by atomic mass is 79.9. The lowest BCUT2D eigenvalue weighted by Crippen LogP contribution is -2.76. The van der Waals surface area contributed by atoms with Crippen LogP contribution in [0.1, 0.15) is 37.7 Å². The van der Waals surface area contributed by atoms with Gasteiger partial charge in [-0.3, -0.25) is 4.79 Å². The van der Waals surface area contributed by atoms with Crippen LogP contribution in [0.25, 0.3) is 0 Å². The van der Waals surface area contributed by atoms with Crippen molar-refractivity contribution in [1.82, 2.24) is 9.88 Å². The van der Waals surface area contributed by atoms with Gasteiger partial charge in [0.05, 0.1) is 6.10 Å². The number of hydrogen-bond acceptors (Lipinski definition) is 3. The quantitative estimate of drug-likeness (QED) is 0.829. The molecule has 1 fully saturated rings. The van der Waals surface area contributed by atoms with Crippen molar-refractivity contribution in [3.63, 3.8) is 0 Å². The lowest BCUT2D eigenvalue weighted by atomic mass is 9.54. The molecule has 0 saturated heterocycles. The smallest absolute Gasteiger partial charge is 0.330 e. The number of carboxylic acids is 1. The molecule has 1 aliphatic rings. The van der Waals surface area contributed by atoms with E-state index in [0.29, 0.717) is 12.3 Å². The molecule has 2 atom stereocenters. The van der Waals surface area contributed by atoms with E-state index in [4.69, 9.17) is 4.74 Å². The standard InChI is InChI=1S/C15H21BrN2O4/c1-5-22-11-7-15(13(20)21,14(11,2)3)17-12(19)10-6-9(16)8-18(10)4/h6,8,11H,5,7H2,1-4H3,(H,17,19)(H,20,21). The first-order valence-corrected chi connectivity index (χ1v) is 7.94. The summed E-state index contributed by atoms with van der Waals surface area (Å²) in [4.78, 5) is 24.3. The van der Waals surface area contributed by atoms with Crippen molar-refractivity contribution in [3.8, 4) is 0 Å². The predicted octanol–water partition coefficient (Wildman–Crippen LogP) is 2.18. The van der Waals surface area contributed by atoms with Gasteiger partial charge in [-0.1, -0.05) is 13.8 Å². The maximum atomic E-state index is 12.5. The summed E-state index contributed by atoms with van der Waals surface area (Å²) in [6, 6.07) is 1.66. The Balaban J connectivity index is 2.26. The molecule has 6 nitrogen and oxygen atoms in total. The van der Waals surface area contributed by atoms with Crippen LogP contribution in [-0.4, -0.2) is 39.8 Å².